The summed E-state index contributed by atoms with van der Waals surface area (Å²) >= 11 is 6.61. The Morgan fingerprint density at radius 1 is 1.03 bits per heavy atom. The molecular weight excluding hydrogens is 518 g/mol. The van der Waals surface area contributed by atoms with E-state index in [0.717, 1.165) is 42.6 Å². The molecule has 1 aromatic carbocycles. The van der Waals surface area contributed by atoms with Crippen molar-refractivity contribution in [3.8, 4) is 11.4 Å². The van der Waals surface area contributed by atoms with Gasteiger partial charge in [-0.05, 0) is 24.8 Å². The van der Waals surface area contributed by atoms with Crippen LogP contribution in [0.15, 0.2) is 39.8 Å². The fourth-order valence-corrected chi connectivity index (χ4v) is 7.10. The van der Waals surface area contributed by atoms with E-state index in [1.807, 2.05) is 24.4 Å². The van der Waals surface area contributed by atoms with Gasteiger partial charge in [-0.3, -0.25) is 9.80 Å². The average Bonchev–Trinajstić information content (AvgIpc) is 3.63. The lowest BCUT2D eigenvalue weighted by molar-refractivity contribution is 0.109. The number of halogens is 1. The number of nitrogens with zero attached hydrogens (tertiary/aromatic N) is 7. The number of para-hydroxylation sites is 1. The van der Waals surface area contributed by atoms with Gasteiger partial charge in [-0.15, -0.1) is 0 Å². The molecule has 0 N–H and O–H groups in total. The molecule has 0 unspecified atom stereocenters. The quantitative estimate of drug-likeness (QED) is 0.342. The van der Waals surface area contributed by atoms with Gasteiger partial charge in [-0.1, -0.05) is 34.0 Å². The largest absolute Gasteiger partial charge is 0.345 e. The number of piperazine rings is 1. The summed E-state index contributed by atoms with van der Waals surface area (Å²) in [6, 6.07) is 5.80. The Balaban J connectivity index is 1.15. The first kappa shape index (κ1) is 24.5. The minimum Gasteiger partial charge on any atom is -0.345 e. The number of fused-ring (bicyclic) bond motifs is 1. The van der Waals surface area contributed by atoms with Gasteiger partial charge in [-0.25, -0.2) is 8.42 Å². The average molecular weight is 546 g/mol. The van der Waals surface area contributed by atoms with Crippen molar-refractivity contribution >= 4 is 32.3 Å². The molecular formula is C24H28ClN7O4S. The summed E-state index contributed by atoms with van der Waals surface area (Å²) in [6.45, 7) is 5.50. The molecule has 13 heteroatoms. The van der Waals surface area contributed by atoms with E-state index in [-0.39, 0.29) is 17.4 Å². The van der Waals surface area contributed by atoms with Gasteiger partial charge in [-0.2, -0.15) is 9.97 Å². The Hall–Kier alpha value is -2.80. The van der Waals surface area contributed by atoms with Crippen LogP contribution in [-0.4, -0.2) is 80.8 Å². The van der Waals surface area contributed by atoms with Crippen LogP contribution in [0.5, 0.6) is 0 Å². The zero-order valence-electron chi connectivity index (χ0n) is 20.3. The monoisotopic (exact) mass is 545 g/mol. The molecule has 0 amide bonds. The summed E-state index contributed by atoms with van der Waals surface area (Å²) in [6.07, 6.45) is 4.70. The highest BCUT2D eigenvalue weighted by Gasteiger charge is 2.26. The van der Waals surface area contributed by atoms with Crippen LogP contribution < -0.4 is 0 Å². The second kappa shape index (κ2) is 10.2. The molecule has 0 radical (unpaired) electrons. The fraction of sp³-hybridized carbons (Fsp3) is 0.500. The summed E-state index contributed by atoms with van der Waals surface area (Å²) in [4.78, 5) is 13.4. The van der Waals surface area contributed by atoms with E-state index in [9.17, 15) is 8.42 Å². The van der Waals surface area contributed by atoms with Gasteiger partial charge < -0.3 is 13.6 Å². The summed E-state index contributed by atoms with van der Waals surface area (Å²) in [5.74, 6) is 2.57. The molecule has 2 aliphatic heterocycles. The van der Waals surface area contributed by atoms with Crippen molar-refractivity contribution in [2.24, 2.45) is 5.92 Å². The summed E-state index contributed by atoms with van der Waals surface area (Å²) in [5.41, 5.74) is 1.78. The van der Waals surface area contributed by atoms with Gasteiger partial charge in [0.2, 0.25) is 18.1 Å². The van der Waals surface area contributed by atoms with Crippen LogP contribution in [-0.2, 0) is 29.5 Å². The van der Waals surface area contributed by atoms with E-state index in [2.05, 4.69) is 29.7 Å². The van der Waals surface area contributed by atoms with Gasteiger partial charge in [0.25, 0.3) is 0 Å². The number of sulfone groups is 1. The van der Waals surface area contributed by atoms with Crippen LogP contribution in [0, 0.1) is 5.92 Å². The van der Waals surface area contributed by atoms with E-state index >= 15 is 0 Å². The van der Waals surface area contributed by atoms with Crippen molar-refractivity contribution in [2.75, 3.05) is 37.7 Å². The molecule has 0 saturated carbocycles. The molecule has 0 atom stereocenters. The van der Waals surface area contributed by atoms with Gasteiger partial charge in [0.1, 0.15) is 9.84 Å². The van der Waals surface area contributed by atoms with Crippen LogP contribution in [0.25, 0.3) is 22.3 Å². The third-order valence-corrected chi connectivity index (χ3v) is 9.30. The minimum atomic E-state index is -2.90. The Morgan fingerprint density at radius 3 is 2.51 bits per heavy atom. The first-order valence-electron chi connectivity index (χ1n) is 12.4. The Labute approximate surface area is 219 Å². The SMILES string of the molecule is O=S1(=O)CCC(Cn2cc(-c3noc(CN4CCN(Cc5ncon5)CC4)n3)c3cccc(Cl)c32)CC1. The van der Waals surface area contributed by atoms with Crippen molar-refractivity contribution in [1.29, 1.82) is 0 Å². The molecule has 0 spiro atoms. The van der Waals surface area contributed by atoms with Crippen LogP contribution in [0.2, 0.25) is 5.02 Å². The van der Waals surface area contributed by atoms with Crippen molar-refractivity contribution in [3.63, 3.8) is 0 Å². The van der Waals surface area contributed by atoms with E-state index in [1.165, 1.54) is 6.39 Å². The lowest BCUT2D eigenvalue weighted by Gasteiger charge is -2.33. The van der Waals surface area contributed by atoms with Crippen LogP contribution in [0.1, 0.15) is 24.6 Å². The van der Waals surface area contributed by atoms with Crippen LogP contribution >= 0.6 is 11.6 Å². The molecule has 196 valence electrons. The van der Waals surface area contributed by atoms with E-state index < -0.39 is 9.84 Å². The first-order chi connectivity index (χ1) is 17.9. The second-order valence-electron chi connectivity index (χ2n) is 9.84. The van der Waals surface area contributed by atoms with E-state index in [4.69, 9.17) is 25.6 Å². The highest BCUT2D eigenvalue weighted by molar-refractivity contribution is 7.91. The Bertz CT molecular complexity index is 1460. The minimum absolute atomic E-state index is 0.247. The van der Waals surface area contributed by atoms with Crippen LogP contribution in [0.4, 0.5) is 0 Å². The molecule has 6 rings (SSSR count). The third kappa shape index (κ3) is 5.42. The molecule has 2 fully saturated rings. The standard InChI is InChI=1S/C24H28ClN7O4S/c25-20-3-1-2-18-19(13-32(23(18)20)12-17-4-10-37(33,34)11-5-17)24-27-22(36-29-24)15-31-8-6-30(7-9-31)14-21-26-16-35-28-21/h1-3,13,16-17H,4-12,14-15H2. The van der Waals surface area contributed by atoms with E-state index in [0.29, 0.717) is 55.0 Å². The number of hydrogen-bond donors (Lipinski definition) is 0. The fourth-order valence-electron chi connectivity index (χ4n) is 5.22. The number of rotatable bonds is 7. The lowest BCUT2D eigenvalue weighted by atomic mass is 10.0. The number of aromatic nitrogens is 5. The van der Waals surface area contributed by atoms with Gasteiger partial charge in [0.05, 0.1) is 35.1 Å². The molecule has 2 saturated heterocycles. The topological polar surface area (TPSA) is 123 Å². The molecule has 0 aliphatic carbocycles. The highest BCUT2D eigenvalue weighted by atomic mass is 35.5. The van der Waals surface area contributed by atoms with Gasteiger partial charge in [0, 0.05) is 49.9 Å². The van der Waals surface area contributed by atoms with Gasteiger partial charge >= 0.3 is 0 Å². The summed E-state index contributed by atoms with van der Waals surface area (Å²) in [5, 5.41) is 9.78. The maximum absolute atomic E-state index is 11.9. The first-order valence-corrected chi connectivity index (χ1v) is 14.6. The predicted octanol–water partition coefficient (Wildman–Crippen LogP) is 2.87. The molecule has 4 aromatic rings. The highest BCUT2D eigenvalue weighted by Crippen LogP contribution is 2.35. The van der Waals surface area contributed by atoms with Crippen LogP contribution in [0.3, 0.4) is 0 Å². The molecule has 0 bridgehead atoms. The molecule has 5 heterocycles. The Morgan fingerprint density at radius 2 is 1.78 bits per heavy atom. The molecule has 3 aromatic heterocycles. The number of benzene rings is 1. The normalized spacial score (nSPS) is 19.6. The Kier molecular flexibility index (Phi) is 6.74. The van der Waals surface area contributed by atoms with Crippen molar-refractivity contribution in [2.45, 2.75) is 32.5 Å². The van der Waals surface area contributed by atoms with E-state index in [1.54, 1.807) is 0 Å². The summed E-state index contributed by atoms with van der Waals surface area (Å²) < 4.78 is 36.3. The lowest BCUT2D eigenvalue weighted by Crippen LogP contribution is -2.45. The predicted molar refractivity (Wildman–Crippen MR) is 136 cm³/mol. The van der Waals surface area contributed by atoms with Gasteiger partial charge in [0.15, 0.2) is 5.82 Å². The zero-order chi connectivity index (χ0) is 25.4. The zero-order valence-corrected chi connectivity index (χ0v) is 21.9. The van der Waals surface area contributed by atoms with Crippen molar-refractivity contribution in [3.05, 3.63) is 47.5 Å². The second-order valence-corrected chi connectivity index (χ2v) is 12.5. The molecule has 2 aliphatic rings. The smallest absolute Gasteiger partial charge is 0.241 e. The summed E-state index contributed by atoms with van der Waals surface area (Å²) in [7, 11) is -2.90. The van der Waals surface area contributed by atoms with Crippen molar-refractivity contribution in [1.82, 2.24) is 34.6 Å². The molecule has 37 heavy (non-hydrogen) atoms. The maximum Gasteiger partial charge on any atom is 0.241 e. The van der Waals surface area contributed by atoms with Crippen molar-refractivity contribution < 1.29 is 17.5 Å². The third-order valence-electron chi connectivity index (χ3n) is 7.28. The molecule has 11 nitrogen and oxygen atoms in total. The number of hydrogen-bond acceptors (Lipinski definition) is 10. The maximum atomic E-state index is 11.9.